The molecule has 12 heteroatoms. The van der Waals surface area contributed by atoms with Gasteiger partial charge in [-0.25, -0.2) is 0 Å². The van der Waals surface area contributed by atoms with E-state index in [-0.39, 0.29) is 36.7 Å². The van der Waals surface area contributed by atoms with Gasteiger partial charge in [-0.1, -0.05) is 18.2 Å². The number of carbonyl (C=O) groups is 1. The summed E-state index contributed by atoms with van der Waals surface area (Å²) in [7, 11) is 3.40. The molecule has 3 aromatic rings. The zero-order chi connectivity index (χ0) is 22.8. The summed E-state index contributed by atoms with van der Waals surface area (Å²) >= 11 is 6.32. The first-order valence-electron chi connectivity index (χ1n) is 9.93. The van der Waals surface area contributed by atoms with Gasteiger partial charge < -0.3 is 29.8 Å². The molecular weight excluding hydrogens is 438 g/mol. The maximum Gasteiger partial charge on any atom is 0.251 e. The van der Waals surface area contributed by atoms with Crippen LogP contribution in [0, 0.1) is 5.92 Å². The second-order valence-corrected chi connectivity index (χ2v) is 7.96. The van der Waals surface area contributed by atoms with E-state index < -0.39 is 0 Å². The van der Waals surface area contributed by atoms with Crippen molar-refractivity contribution >= 4 is 40.2 Å². The van der Waals surface area contributed by atoms with Crippen LogP contribution in [0.1, 0.15) is 0 Å². The molecule has 4 heterocycles. The van der Waals surface area contributed by atoms with Crippen LogP contribution in [-0.4, -0.2) is 80.2 Å². The van der Waals surface area contributed by atoms with E-state index in [0.29, 0.717) is 41.0 Å². The normalized spacial score (nSPS) is 18.3. The lowest BCUT2D eigenvalue weighted by molar-refractivity contribution is -0.127. The summed E-state index contributed by atoms with van der Waals surface area (Å²) in [6, 6.07) is 0. The van der Waals surface area contributed by atoms with E-state index in [1.54, 1.807) is 35.3 Å². The van der Waals surface area contributed by atoms with Gasteiger partial charge in [-0.15, -0.1) is 0 Å². The lowest BCUT2D eigenvalue weighted by atomic mass is 10.1. The van der Waals surface area contributed by atoms with Gasteiger partial charge in [0, 0.05) is 51.1 Å². The standard InChI is InChI=1S/C20H24ClN7O4/c1-11(9-29)19(30)28-6-12(15(8-28)31-3)10-32-18-16-14(21)5-22-17(16)25-20(26-18)24-13-4-23-27(2)7-13/h4-5,7,12,15,29H,1,6,8-10H2,2-3H3,(H2,22,24,25,26)/t12-,15+/m1/s1. The average molecular weight is 462 g/mol. The number of aliphatic hydroxyl groups is 1. The molecule has 0 spiro atoms. The fraction of sp³-hybridized carbons (Fsp3) is 0.400. The van der Waals surface area contributed by atoms with E-state index in [1.807, 2.05) is 7.05 Å². The van der Waals surface area contributed by atoms with Crippen molar-refractivity contribution < 1.29 is 19.4 Å². The Morgan fingerprint density at radius 3 is 2.94 bits per heavy atom. The Bertz CT molecular complexity index is 1140. The van der Waals surface area contributed by atoms with E-state index in [9.17, 15) is 9.90 Å². The number of rotatable bonds is 8. The molecular formula is C20H24ClN7O4. The highest BCUT2D eigenvalue weighted by molar-refractivity contribution is 6.35. The van der Waals surface area contributed by atoms with Gasteiger partial charge in [-0.2, -0.15) is 15.1 Å². The minimum Gasteiger partial charge on any atom is -0.477 e. The number of nitrogens with one attached hydrogen (secondary N) is 2. The fourth-order valence-electron chi connectivity index (χ4n) is 3.65. The summed E-state index contributed by atoms with van der Waals surface area (Å²) < 4.78 is 13.3. The summed E-state index contributed by atoms with van der Waals surface area (Å²) in [6.07, 6.45) is 4.85. The third kappa shape index (κ3) is 4.40. The molecule has 170 valence electrons. The second-order valence-electron chi connectivity index (χ2n) is 7.56. The number of H-pyrrole nitrogens is 1. The minimum absolute atomic E-state index is 0.104. The molecule has 0 saturated carbocycles. The van der Waals surface area contributed by atoms with Gasteiger partial charge in [0.25, 0.3) is 5.91 Å². The molecule has 11 nitrogen and oxygen atoms in total. The molecule has 32 heavy (non-hydrogen) atoms. The maximum absolute atomic E-state index is 12.4. The first kappa shape index (κ1) is 22.1. The fourth-order valence-corrected chi connectivity index (χ4v) is 3.88. The zero-order valence-electron chi connectivity index (χ0n) is 17.7. The quantitative estimate of drug-likeness (QED) is 0.430. The third-order valence-corrected chi connectivity index (χ3v) is 5.61. The van der Waals surface area contributed by atoms with Crippen molar-refractivity contribution in [2.75, 3.05) is 38.7 Å². The summed E-state index contributed by atoms with van der Waals surface area (Å²) in [5, 5.41) is 17.4. The van der Waals surface area contributed by atoms with Crippen LogP contribution >= 0.6 is 11.6 Å². The van der Waals surface area contributed by atoms with Crippen LogP contribution in [0.5, 0.6) is 5.88 Å². The van der Waals surface area contributed by atoms with Gasteiger partial charge in [-0.05, 0) is 0 Å². The molecule has 2 atom stereocenters. The van der Waals surface area contributed by atoms with Crippen molar-refractivity contribution in [1.29, 1.82) is 0 Å². The number of aromatic amines is 1. The Balaban J connectivity index is 1.53. The largest absolute Gasteiger partial charge is 0.477 e. The van der Waals surface area contributed by atoms with Crippen molar-refractivity contribution in [3.8, 4) is 5.88 Å². The maximum atomic E-state index is 12.4. The molecule has 1 saturated heterocycles. The Morgan fingerprint density at radius 1 is 1.44 bits per heavy atom. The summed E-state index contributed by atoms with van der Waals surface area (Å²) in [6.45, 7) is 4.27. The summed E-state index contributed by atoms with van der Waals surface area (Å²) in [5.41, 5.74) is 1.39. The number of likely N-dealkylation sites (tertiary alicyclic amines) is 1. The number of hydrogen-bond donors (Lipinski definition) is 3. The number of aliphatic hydroxyl groups excluding tert-OH is 1. The van der Waals surface area contributed by atoms with Crippen LogP contribution in [0.25, 0.3) is 11.0 Å². The van der Waals surface area contributed by atoms with Crippen LogP contribution in [0.4, 0.5) is 11.6 Å². The summed E-state index contributed by atoms with van der Waals surface area (Å²) in [5.74, 6) is 0.239. The molecule has 1 amide bonds. The molecule has 0 radical (unpaired) electrons. The average Bonchev–Trinajstić information content (AvgIpc) is 3.49. The number of aryl methyl sites for hydroxylation is 1. The number of aromatic nitrogens is 5. The molecule has 1 fully saturated rings. The van der Waals surface area contributed by atoms with Crippen molar-refractivity contribution in [1.82, 2.24) is 29.6 Å². The van der Waals surface area contributed by atoms with Crippen molar-refractivity contribution in [3.63, 3.8) is 0 Å². The molecule has 0 aromatic carbocycles. The van der Waals surface area contributed by atoms with Gasteiger partial charge in [0.2, 0.25) is 11.8 Å². The summed E-state index contributed by atoms with van der Waals surface area (Å²) in [4.78, 5) is 25.9. The molecule has 3 N–H and O–H groups in total. The number of methoxy groups -OCH3 is 1. The van der Waals surface area contributed by atoms with Crippen LogP contribution < -0.4 is 10.1 Å². The Labute approximate surface area is 189 Å². The molecule has 4 rings (SSSR count). The van der Waals surface area contributed by atoms with Crippen molar-refractivity contribution in [2.45, 2.75) is 6.10 Å². The zero-order valence-corrected chi connectivity index (χ0v) is 18.5. The van der Waals surface area contributed by atoms with Crippen LogP contribution in [-0.2, 0) is 16.6 Å². The number of carbonyl (C=O) groups excluding carboxylic acids is 1. The predicted molar refractivity (Wildman–Crippen MR) is 118 cm³/mol. The monoisotopic (exact) mass is 461 g/mol. The number of nitrogens with zero attached hydrogens (tertiary/aromatic N) is 5. The SMILES string of the molecule is C=C(CO)C(=O)N1C[C@H](COc2nc(Nc3cnn(C)c3)nc3[nH]cc(Cl)c23)[C@@H](OC)C1. The highest BCUT2D eigenvalue weighted by Crippen LogP contribution is 2.32. The van der Waals surface area contributed by atoms with E-state index in [4.69, 9.17) is 21.1 Å². The Morgan fingerprint density at radius 2 is 2.25 bits per heavy atom. The molecule has 0 aliphatic carbocycles. The first-order valence-corrected chi connectivity index (χ1v) is 10.3. The van der Waals surface area contributed by atoms with E-state index >= 15 is 0 Å². The molecule has 1 aliphatic heterocycles. The second kappa shape index (κ2) is 9.15. The lowest BCUT2D eigenvalue weighted by Crippen LogP contribution is -2.31. The molecule has 1 aliphatic rings. The van der Waals surface area contributed by atoms with Gasteiger partial charge in [-0.3, -0.25) is 9.48 Å². The lowest BCUT2D eigenvalue weighted by Gasteiger charge is -2.17. The number of halogens is 1. The van der Waals surface area contributed by atoms with E-state index in [2.05, 4.69) is 31.9 Å². The molecule has 3 aromatic heterocycles. The number of fused-ring (bicyclic) bond motifs is 1. The third-order valence-electron chi connectivity index (χ3n) is 5.31. The molecule has 0 bridgehead atoms. The van der Waals surface area contributed by atoms with Crippen LogP contribution in [0.3, 0.4) is 0 Å². The van der Waals surface area contributed by atoms with Crippen molar-refractivity contribution in [3.05, 3.63) is 35.8 Å². The highest BCUT2D eigenvalue weighted by Gasteiger charge is 2.36. The topological polar surface area (TPSA) is 130 Å². The van der Waals surface area contributed by atoms with E-state index in [0.717, 1.165) is 5.69 Å². The smallest absolute Gasteiger partial charge is 0.251 e. The predicted octanol–water partition coefficient (Wildman–Crippen LogP) is 1.49. The number of ether oxygens (including phenoxy) is 2. The van der Waals surface area contributed by atoms with Gasteiger partial charge in [0.15, 0.2) is 0 Å². The van der Waals surface area contributed by atoms with Gasteiger partial charge in [0.1, 0.15) is 5.65 Å². The molecule has 0 unspecified atom stereocenters. The van der Waals surface area contributed by atoms with Gasteiger partial charge in [0.05, 0.1) is 41.6 Å². The number of amides is 1. The van der Waals surface area contributed by atoms with Crippen LogP contribution in [0.15, 0.2) is 30.7 Å². The highest BCUT2D eigenvalue weighted by atomic mass is 35.5. The first-order chi connectivity index (χ1) is 15.4. The number of hydrogen-bond acceptors (Lipinski definition) is 8. The minimum atomic E-state index is -0.383. The number of anilines is 2. The van der Waals surface area contributed by atoms with Crippen LogP contribution in [0.2, 0.25) is 5.02 Å². The van der Waals surface area contributed by atoms with E-state index in [1.165, 1.54) is 0 Å². The van der Waals surface area contributed by atoms with Crippen molar-refractivity contribution in [2.24, 2.45) is 13.0 Å². The van der Waals surface area contributed by atoms with Gasteiger partial charge >= 0.3 is 0 Å². The Kier molecular flexibility index (Phi) is 6.31. The Hall–Kier alpha value is -3.15.